The summed E-state index contributed by atoms with van der Waals surface area (Å²) in [6.07, 6.45) is -3.28. The van der Waals surface area contributed by atoms with Crippen LogP contribution in [0.3, 0.4) is 0 Å². The summed E-state index contributed by atoms with van der Waals surface area (Å²) in [5.41, 5.74) is -0.993. The third-order valence-corrected chi connectivity index (χ3v) is 1.28. The predicted octanol–water partition coefficient (Wildman–Crippen LogP) is 1.45. The van der Waals surface area contributed by atoms with Gasteiger partial charge >= 0.3 is 6.18 Å². The minimum Gasteiger partial charge on any atom is -0.493 e. The Morgan fingerprint density at radius 3 is 2.42 bits per heavy atom. The van der Waals surface area contributed by atoms with Crippen molar-refractivity contribution in [2.24, 2.45) is 7.05 Å². The van der Waals surface area contributed by atoms with Crippen LogP contribution in [0, 0.1) is 0 Å². The Bertz CT molecular complexity index is 279. The number of hydrogen-bond acceptors (Lipinski definition) is 2. The van der Waals surface area contributed by atoms with Crippen molar-refractivity contribution in [2.45, 2.75) is 6.18 Å². The van der Waals surface area contributed by atoms with Crippen LogP contribution in [0.4, 0.5) is 13.2 Å². The van der Waals surface area contributed by atoms with Crippen LogP contribution in [0.25, 0.3) is 0 Å². The van der Waals surface area contributed by atoms with E-state index in [0.717, 1.165) is 4.68 Å². The molecule has 1 aromatic rings. The summed E-state index contributed by atoms with van der Waals surface area (Å²) >= 11 is 0. The molecule has 1 heterocycles. The van der Waals surface area contributed by atoms with E-state index in [9.17, 15) is 13.2 Å². The van der Waals surface area contributed by atoms with Crippen molar-refractivity contribution in [3.8, 4) is 5.75 Å². The Labute approximate surface area is 66.7 Å². The van der Waals surface area contributed by atoms with Gasteiger partial charge in [0.15, 0.2) is 5.75 Å². The van der Waals surface area contributed by atoms with Crippen molar-refractivity contribution < 1.29 is 17.9 Å². The van der Waals surface area contributed by atoms with Crippen LogP contribution in [0.2, 0.25) is 0 Å². The highest BCUT2D eigenvalue weighted by molar-refractivity contribution is 5.26. The summed E-state index contributed by atoms with van der Waals surface area (Å²) in [6, 6.07) is 0. The average Bonchev–Trinajstić information content (AvgIpc) is 2.29. The number of alkyl halides is 3. The van der Waals surface area contributed by atoms with Crippen LogP contribution < -0.4 is 4.74 Å². The summed E-state index contributed by atoms with van der Waals surface area (Å²) in [6.45, 7) is 0. The van der Waals surface area contributed by atoms with Gasteiger partial charge in [0.1, 0.15) is 0 Å². The van der Waals surface area contributed by atoms with E-state index in [-0.39, 0.29) is 5.75 Å². The first-order valence-electron chi connectivity index (χ1n) is 3.10. The molecule has 0 aliphatic carbocycles. The minimum atomic E-state index is -4.45. The van der Waals surface area contributed by atoms with Gasteiger partial charge in [-0.2, -0.15) is 18.3 Å². The third kappa shape index (κ3) is 1.51. The number of rotatable bonds is 1. The van der Waals surface area contributed by atoms with E-state index >= 15 is 0 Å². The maximum absolute atomic E-state index is 12.1. The van der Waals surface area contributed by atoms with E-state index in [1.165, 1.54) is 20.4 Å². The molecule has 0 fully saturated rings. The molecule has 0 aliphatic heterocycles. The first-order chi connectivity index (χ1) is 5.45. The highest BCUT2D eigenvalue weighted by Gasteiger charge is 2.37. The molecular weight excluding hydrogens is 173 g/mol. The molecule has 12 heavy (non-hydrogen) atoms. The molecule has 0 radical (unpaired) electrons. The molecule has 0 atom stereocenters. The lowest BCUT2D eigenvalue weighted by atomic mass is 10.4. The van der Waals surface area contributed by atoms with Gasteiger partial charge in [-0.05, 0) is 0 Å². The molecule has 68 valence electrons. The maximum atomic E-state index is 12.1. The van der Waals surface area contributed by atoms with Gasteiger partial charge in [-0.15, -0.1) is 0 Å². The van der Waals surface area contributed by atoms with E-state index < -0.39 is 11.9 Å². The van der Waals surface area contributed by atoms with Gasteiger partial charge in [0.2, 0.25) is 5.69 Å². The number of methoxy groups -OCH3 is 1. The van der Waals surface area contributed by atoms with Gasteiger partial charge in [-0.1, -0.05) is 0 Å². The zero-order valence-electron chi connectivity index (χ0n) is 6.51. The minimum absolute atomic E-state index is 0.259. The molecule has 1 rings (SSSR count). The number of aryl methyl sites for hydroxylation is 1. The Balaban J connectivity index is 3.13. The average molecular weight is 180 g/mol. The molecule has 0 saturated heterocycles. The second-order valence-corrected chi connectivity index (χ2v) is 2.22. The Kier molecular flexibility index (Phi) is 1.99. The number of nitrogens with zero attached hydrogens (tertiary/aromatic N) is 2. The maximum Gasteiger partial charge on any atom is 0.438 e. The SMILES string of the molecule is COc1cn(C)nc1C(F)(F)F. The Morgan fingerprint density at radius 2 is 2.08 bits per heavy atom. The summed E-state index contributed by atoms with van der Waals surface area (Å²) in [5.74, 6) is -0.259. The van der Waals surface area contributed by atoms with Gasteiger partial charge in [0.25, 0.3) is 0 Å². The fourth-order valence-electron chi connectivity index (χ4n) is 0.812. The Morgan fingerprint density at radius 1 is 1.50 bits per heavy atom. The highest BCUT2D eigenvalue weighted by atomic mass is 19.4. The summed E-state index contributed by atoms with van der Waals surface area (Å²) in [5, 5.41) is 3.22. The highest BCUT2D eigenvalue weighted by Crippen LogP contribution is 2.34. The van der Waals surface area contributed by atoms with Crippen LogP contribution in [0.5, 0.6) is 5.75 Å². The molecule has 0 amide bonds. The lowest BCUT2D eigenvalue weighted by molar-refractivity contribution is -0.142. The molecule has 0 spiro atoms. The van der Waals surface area contributed by atoms with Crippen LogP contribution in [-0.2, 0) is 13.2 Å². The van der Waals surface area contributed by atoms with Crippen molar-refractivity contribution in [2.75, 3.05) is 7.11 Å². The van der Waals surface area contributed by atoms with Crippen LogP contribution in [0.15, 0.2) is 6.20 Å². The van der Waals surface area contributed by atoms with E-state index in [0.29, 0.717) is 0 Å². The van der Waals surface area contributed by atoms with E-state index in [1.54, 1.807) is 0 Å². The normalized spacial score (nSPS) is 11.8. The molecule has 1 aromatic heterocycles. The third-order valence-electron chi connectivity index (χ3n) is 1.28. The topological polar surface area (TPSA) is 27.1 Å². The number of hydrogen-bond donors (Lipinski definition) is 0. The van der Waals surface area contributed by atoms with Crippen LogP contribution in [-0.4, -0.2) is 16.9 Å². The fourth-order valence-corrected chi connectivity index (χ4v) is 0.812. The smallest absolute Gasteiger partial charge is 0.438 e. The standard InChI is InChI=1S/C6H7F3N2O/c1-11-3-4(12-2)5(10-11)6(7,8)9/h3H,1-2H3. The second kappa shape index (κ2) is 2.69. The quantitative estimate of drug-likeness (QED) is 0.654. The van der Waals surface area contributed by atoms with Gasteiger partial charge in [0, 0.05) is 7.05 Å². The molecule has 0 aliphatic rings. The molecule has 3 nitrogen and oxygen atoms in total. The monoisotopic (exact) mass is 180 g/mol. The fraction of sp³-hybridized carbons (Fsp3) is 0.500. The van der Waals surface area contributed by atoms with E-state index in [2.05, 4.69) is 9.84 Å². The first-order valence-corrected chi connectivity index (χ1v) is 3.10. The molecule has 0 N–H and O–H groups in total. The van der Waals surface area contributed by atoms with Crippen molar-refractivity contribution in [3.63, 3.8) is 0 Å². The van der Waals surface area contributed by atoms with Gasteiger partial charge < -0.3 is 4.74 Å². The van der Waals surface area contributed by atoms with Crippen LogP contribution in [0.1, 0.15) is 5.69 Å². The molecule has 0 bridgehead atoms. The Hall–Kier alpha value is -1.20. The van der Waals surface area contributed by atoms with Crippen LogP contribution >= 0.6 is 0 Å². The lowest BCUT2D eigenvalue weighted by Gasteiger charge is -2.03. The molecule has 0 unspecified atom stereocenters. The van der Waals surface area contributed by atoms with Crippen molar-refractivity contribution in [3.05, 3.63) is 11.9 Å². The zero-order valence-corrected chi connectivity index (χ0v) is 6.51. The van der Waals surface area contributed by atoms with E-state index in [4.69, 9.17) is 0 Å². The summed E-state index contributed by atoms with van der Waals surface area (Å²) in [4.78, 5) is 0. The molecular formula is C6H7F3N2O. The molecule has 0 saturated carbocycles. The number of halogens is 3. The summed E-state index contributed by atoms with van der Waals surface area (Å²) in [7, 11) is 2.57. The van der Waals surface area contributed by atoms with E-state index in [1.807, 2.05) is 0 Å². The van der Waals surface area contributed by atoms with Crippen molar-refractivity contribution >= 4 is 0 Å². The van der Waals surface area contributed by atoms with Gasteiger partial charge in [-0.3, -0.25) is 4.68 Å². The van der Waals surface area contributed by atoms with Crippen molar-refractivity contribution in [1.82, 2.24) is 9.78 Å². The lowest BCUT2D eigenvalue weighted by Crippen LogP contribution is -2.08. The molecule has 0 aromatic carbocycles. The van der Waals surface area contributed by atoms with Crippen molar-refractivity contribution in [1.29, 1.82) is 0 Å². The first kappa shape index (κ1) is 8.89. The predicted molar refractivity (Wildman–Crippen MR) is 34.8 cm³/mol. The van der Waals surface area contributed by atoms with Gasteiger partial charge in [0.05, 0.1) is 13.3 Å². The molecule has 6 heteroatoms. The number of ether oxygens (including phenoxy) is 1. The largest absolute Gasteiger partial charge is 0.493 e. The second-order valence-electron chi connectivity index (χ2n) is 2.22. The van der Waals surface area contributed by atoms with Gasteiger partial charge in [-0.25, -0.2) is 0 Å². The summed E-state index contributed by atoms with van der Waals surface area (Å²) < 4.78 is 41.8. The number of aromatic nitrogens is 2. The zero-order chi connectivity index (χ0) is 9.35.